The van der Waals surface area contributed by atoms with Crippen LogP contribution in [0.2, 0.25) is 0 Å². The van der Waals surface area contributed by atoms with Gasteiger partial charge in [-0.25, -0.2) is 18.4 Å². The molecule has 0 radical (unpaired) electrons. The van der Waals surface area contributed by atoms with Gasteiger partial charge in [0.1, 0.15) is 17.4 Å². The van der Waals surface area contributed by atoms with Crippen molar-refractivity contribution in [2.45, 2.75) is 0 Å². The van der Waals surface area contributed by atoms with Crippen molar-refractivity contribution in [3.05, 3.63) is 90.3 Å². The van der Waals surface area contributed by atoms with Crippen molar-refractivity contribution in [3.63, 3.8) is 0 Å². The molecule has 1 amide bonds. The molecule has 0 saturated heterocycles. The Hall–Kier alpha value is -4.07. The van der Waals surface area contributed by atoms with Gasteiger partial charge in [-0.2, -0.15) is 0 Å². The third-order valence-corrected chi connectivity index (χ3v) is 4.33. The van der Waals surface area contributed by atoms with Crippen LogP contribution in [0.15, 0.2) is 72.8 Å². The number of nitrogens with zero attached hydrogens (tertiary/aromatic N) is 3. The molecule has 0 aliphatic rings. The number of amides is 1. The molecule has 0 unspecified atom stereocenters. The smallest absolute Gasteiger partial charge is 0.295 e. The van der Waals surface area contributed by atoms with E-state index >= 15 is 0 Å². The molecule has 4 rings (SSSR count). The fourth-order valence-electron chi connectivity index (χ4n) is 2.82. The second-order valence-electron chi connectivity index (χ2n) is 6.34. The van der Waals surface area contributed by atoms with Crippen LogP contribution < -0.4 is 10.1 Å². The van der Waals surface area contributed by atoms with Crippen molar-refractivity contribution in [1.29, 1.82) is 0 Å². The Bertz CT molecular complexity index is 1170. The summed E-state index contributed by atoms with van der Waals surface area (Å²) >= 11 is 0. The summed E-state index contributed by atoms with van der Waals surface area (Å²) in [5.74, 6) is -0.412. The fourth-order valence-corrected chi connectivity index (χ4v) is 2.82. The van der Waals surface area contributed by atoms with Gasteiger partial charge in [-0.1, -0.05) is 0 Å². The van der Waals surface area contributed by atoms with E-state index in [1.165, 1.54) is 41.1 Å². The number of carbonyl (C=O) groups excluding carboxylic acids is 1. The maximum Gasteiger partial charge on any atom is 0.295 e. The molecule has 0 bridgehead atoms. The number of ether oxygens (including phenoxy) is 1. The molecule has 0 spiro atoms. The van der Waals surface area contributed by atoms with Crippen LogP contribution in [0.5, 0.6) is 5.75 Å². The zero-order valence-corrected chi connectivity index (χ0v) is 15.8. The molecule has 0 aliphatic carbocycles. The molecule has 150 valence electrons. The Morgan fingerprint density at radius 2 is 1.50 bits per heavy atom. The zero-order chi connectivity index (χ0) is 21.1. The van der Waals surface area contributed by atoms with Crippen LogP contribution in [0.4, 0.5) is 14.5 Å². The lowest BCUT2D eigenvalue weighted by atomic mass is 10.2. The normalized spacial score (nSPS) is 10.6. The van der Waals surface area contributed by atoms with Gasteiger partial charge in [0.05, 0.1) is 12.8 Å². The number of anilines is 1. The summed E-state index contributed by atoms with van der Waals surface area (Å²) in [6.45, 7) is 0. The van der Waals surface area contributed by atoms with E-state index in [9.17, 15) is 13.6 Å². The summed E-state index contributed by atoms with van der Waals surface area (Å²) in [4.78, 5) is 17.0. The van der Waals surface area contributed by atoms with Gasteiger partial charge in [0.2, 0.25) is 5.82 Å². The molecule has 3 aromatic carbocycles. The maximum atomic E-state index is 13.4. The highest BCUT2D eigenvalue weighted by atomic mass is 19.1. The first-order valence-corrected chi connectivity index (χ1v) is 8.98. The number of rotatable bonds is 5. The molecule has 30 heavy (non-hydrogen) atoms. The highest BCUT2D eigenvalue weighted by Crippen LogP contribution is 2.23. The highest BCUT2D eigenvalue weighted by molar-refractivity contribution is 6.01. The van der Waals surface area contributed by atoms with Crippen LogP contribution in [0.1, 0.15) is 10.6 Å². The van der Waals surface area contributed by atoms with Crippen molar-refractivity contribution >= 4 is 11.6 Å². The third kappa shape index (κ3) is 4.02. The van der Waals surface area contributed by atoms with Crippen LogP contribution in [-0.4, -0.2) is 27.8 Å². The predicted molar refractivity (Wildman–Crippen MR) is 108 cm³/mol. The van der Waals surface area contributed by atoms with Crippen LogP contribution in [0.25, 0.3) is 17.1 Å². The molecular weight excluding hydrogens is 390 g/mol. The molecule has 0 fully saturated rings. The minimum Gasteiger partial charge on any atom is -0.497 e. The van der Waals surface area contributed by atoms with Gasteiger partial charge in [0.25, 0.3) is 5.91 Å². The average molecular weight is 406 g/mol. The minimum absolute atomic E-state index is 0.0885. The van der Waals surface area contributed by atoms with Crippen molar-refractivity contribution in [3.8, 4) is 22.8 Å². The number of aromatic nitrogens is 3. The lowest BCUT2D eigenvalue weighted by Crippen LogP contribution is -2.14. The van der Waals surface area contributed by atoms with Crippen LogP contribution in [0.3, 0.4) is 0 Å². The number of hydrogen-bond acceptors (Lipinski definition) is 4. The van der Waals surface area contributed by atoms with Gasteiger partial charge < -0.3 is 10.1 Å². The van der Waals surface area contributed by atoms with Crippen LogP contribution in [0, 0.1) is 11.6 Å². The molecule has 0 aliphatic heterocycles. The molecule has 1 heterocycles. The van der Waals surface area contributed by atoms with Crippen molar-refractivity contribution in [2.75, 3.05) is 12.4 Å². The molecule has 1 aromatic heterocycles. The Balaban J connectivity index is 1.73. The fraction of sp³-hybridized carbons (Fsp3) is 0.0455. The summed E-state index contributed by atoms with van der Waals surface area (Å²) in [6.07, 6.45) is 0. The number of nitrogens with one attached hydrogen (secondary N) is 1. The molecule has 1 N–H and O–H groups in total. The molecule has 0 saturated carbocycles. The van der Waals surface area contributed by atoms with Gasteiger partial charge in [-0.05, 0) is 72.8 Å². The van der Waals surface area contributed by atoms with E-state index < -0.39 is 11.7 Å². The van der Waals surface area contributed by atoms with E-state index in [-0.39, 0.29) is 11.6 Å². The largest absolute Gasteiger partial charge is 0.497 e. The second-order valence-corrected chi connectivity index (χ2v) is 6.34. The number of hydrogen-bond donors (Lipinski definition) is 1. The first kappa shape index (κ1) is 19.3. The Kier molecular flexibility index (Phi) is 5.21. The van der Waals surface area contributed by atoms with Crippen molar-refractivity contribution in [2.24, 2.45) is 0 Å². The number of methoxy groups -OCH3 is 1. The predicted octanol–water partition coefficient (Wildman–Crippen LogP) is 4.47. The van der Waals surface area contributed by atoms with Gasteiger partial charge in [0.15, 0.2) is 5.82 Å². The zero-order valence-electron chi connectivity index (χ0n) is 15.8. The molecule has 0 atom stereocenters. The monoisotopic (exact) mass is 406 g/mol. The average Bonchev–Trinajstić information content (AvgIpc) is 3.21. The van der Waals surface area contributed by atoms with Gasteiger partial charge in [-0.3, -0.25) is 4.79 Å². The SMILES string of the molecule is COc1ccc(-n2nc(C(=O)Nc3ccc(F)cc3)nc2-c2ccc(F)cc2)cc1. The summed E-state index contributed by atoms with van der Waals surface area (Å²) in [5, 5.41) is 6.97. The van der Waals surface area contributed by atoms with Crippen molar-refractivity contribution < 1.29 is 18.3 Å². The highest BCUT2D eigenvalue weighted by Gasteiger charge is 2.19. The van der Waals surface area contributed by atoms with E-state index in [4.69, 9.17) is 4.74 Å². The Morgan fingerprint density at radius 3 is 2.10 bits per heavy atom. The number of carbonyl (C=O) groups is 1. The second kappa shape index (κ2) is 8.12. The maximum absolute atomic E-state index is 13.4. The summed E-state index contributed by atoms with van der Waals surface area (Å²) in [5.41, 5.74) is 1.63. The summed E-state index contributed by atoms with van der Waals surface area (Å²) in [7, 11) is 1.56. The lowest BCUT2D eigenvalue weighted by molar-refractivity contribution is 0.101. The minimum atomic E-state index is -0.558. The molecule has 6 nitrogen and oxygen atoms in total. The quantitative estimate of drug-likeness (QED) is 0.531. The Morgan fingerprint density at radius 1 is 0.900 bits per heavy atom. The van der Waals surface area contributed by atoms with E-state index in [2.05, 4.69) is 15.4 Å². The molecule has 8 heteroatoms. The van der Waals surface area contributed by atoms with Crippen LogP contribution >= 0.6 is 0 Å². The standard InChI is InChI=1S/C22H16F2N4O2/c1-30-19-12-10-18(11-13-19)28-21(14-2-4-15(23)5-3-14)26-20(27-28)22(29)25-17-8-6-16(24)7-9-17/h2-13H,1H3,(H,25,29). The van der Waals surface area contributed by atoms with Gasteiger partial charge in [-0.15, -0.1) is 5.10 Å². The van der Waals surface area contributed by atoms with Crippen LogP contribution in [-0.2, 0) is 0 Å². The molecule has 4 aromatic rings. The number of benzene rings is 3. The summed E-state index contributed by atoms with van der Waals surface area (Å²) in [6, 6.07) is 18.1. The summed E-state index contributed by atoms with van der Waals surface area (Å²) < 4.78 is 33.1. The Labute approximate surface area is 170 Å². The van der Waals surface area contributed by atoms with Gasteiger partial charge >= 0.3 is 0 Å². The van der Waals surface area contributed by atoms with E-state index in [0.717, 1.165) is 0 Å². The number of halogens is 2. The van der Waals surface area contributed by atoms with Gasteiger partial charge in [0, 0.05) is 11.3 Å². The topological polar surface area (TPSA) is 69.0 Å². The first-order valence-electron chi connectivity index (χ1n) is 8.98. The lowest BCUT2D eigenvalue weighted by Gasteiger charge is -2.07. The third-order valence-electron chi connectivity index (χ3n) is 4.33. The van der Waals surface area contributed by atoms with Crippen molar-refractivity contribution in [1.82, 2.24) is 14.8 Å². The van der Waals surface area contributed by atoms with E-state index in [1.54, 1.807) is 43.5 Å². The molecular formula is C22H16F2N4O2. The first-order chi connectivity index (χ1) is 14.5. The van der Waals surface area contributed by atoms with E-state index in [1.807, 2.05) is 0 Å². The van der Waals surface area contributed by atoms with E-state index in [0.29, 0.717) is 28.5 Å².